The van der Waals surface area contributed by atoms with Crippen molar-refractivity contribution < 1.29 is 14.5 Å². The first kappa shape index (κ1) is 20.6. The van der Waals surface area contributed by atoms with Crippen LogP contribution >= 0.6 is 0 Å². The van der Waals surface area contributed by atoms with Crippen molar-refractivity contribution in [3.05, 3.63) is 33.9 Å². The molecule has 3 aliphatic rings. The molecule has 3 aliphatic heterocycles. The van der Waals surface area contributed by atoms with Crippen LogP contribution in [0.2, 0.25) is 0 Å². The molecule has 0 atom stereocenters. The lowest BCUT2D eigenvalue weighted by molar-refractivity contribution is -0.384. The van der Waals surface area contributed by atoms with Gasteiger partial charge >= 0.3 is 0 Å². The molecule has 2 amide bonds. The zero-order valence-corrected chi connectivity index (χ0v) is 17.4. The number of anilines is 1. The van der Waals surface area contributed by atoms with Crippen LogP contribution in [0.15, 0.2) is 18.2 Å². The van der Waals surface area contributed by atoms with Crippen LogP contribution in [-0.2, 0) is 4.79 Å². The van der Waals surface area contributed by atoms with E-state index in [1.165, 1.54) is 12.5 Å². The molecule has 0 N–H and O–H groups in total. The molecule has 1 aromatic rings. The van der Waals surface area contributed by atoms with E-state index in [1.807, 2.05) is 9.80 Å². The van der Waals surface area contributed by atoms with Crippen molar-refractivity contribution in [3.8, 4) is 0 Å². The van der Waals surface area contributed by atoms with Crippen LogP contribution < -0.4 is 4.90 Å². The molecule has 3 saturated heterocycles. The highest BCUT2D eigenvalue weighted by Crippen LogP contribution is 2.32. The van der Waals surface area contributed by atoms with Crippen LogP contribution in [0.3, 0.4) is 0 Å². The number of hydrogen-bond acceptors (Lipinski definition) is 5. The molecule has 8 heteroatoms. The van der Waals surface area contributed by atoms with Gasteiger partial charge in [-0.1, -0.05) is 0 Å². The highest BCUT2D eigenvalue weighted by molar-refractivity contribution is 5.96. The van der Waals surface area contributed by atoms with Gasteiger partial charge in [-0.2, -0.15) is 0 Å². The van der Waals surface area contributed by atoms with Gasteiger partial charge in [0.15, 0.2) is 0 Å². The molecule has 30 heavy (non-hydrogen) atoms. The molecule has 0 bridgehead atoms. The lowest BCUT2D eigenvalue weighted by atomic mass is 9.94. The Hall–Kier alpha value is -2.64. The van der Waals surface area contributed by atoms with Crippen molar-refractivity contribution in [3.63, 3.8) is 0 Å². The number of benzene rings is 1. The van der Waals surface area contributed by atoms with Crippen molar-refractivity contribution in [2.24, 2.45) is 5.92 Å². The molecular formula is C22H30N4O4. The Morgan fingerprint density at radius 1 is 0.867 bits per heavy atom. The van der Waals surface area contributed by atoms with Gasteiger partial charge in [0.1, 0.15) is 5.69 Å². The SMILES string of the molecule is O=C(c1ccc(N2CCCC2)c([N+](=O)[O-])c1)N1CCC(C(=O)N2CCCCC2)CC1. The second kappa shape index (κ2) is 9.02. The third-order valence-corrected chi connectivity index (χ3v) is 6.66. The normalized spacial score (nSPS) is 20.5. The standard InChI is InChI=1S/C22H30N4O4/c27-21(24-12-2-1-3-13-24)17-8-14-25(15-9-17)22(28)18-6-7-19(20(16-18)26(29)30)23-10-4-5-11-23/h6-7,16-17H,1-5,8-15H2. The molecule has 0 radical (unpaired) electrons. The molecule has 0 unspecified atom stereocenters. The van der Waals surface area contributed by atoms with Gasteiger partial charge in [-0.3, -0.25) is 19.7 Å². The van der Waals surface area contributed by atoms with Gasteiger partial charge in [-0.05, 0) is 57.1 Å². The first-order valence-corrected chi connectivity index (χ1v) is 11.2. The van der Waals surface area contributed by atoms with Gasteiger partial charge < -0.3 is 14.7 Å². The second-order valence-corrected chi connectivity index (χ2v) is 8.61. The summed E-state index contributed by atoms with van der Waals surface area (Å²) in [5.41, 5.74) is 0.947. The van der Waals surface area contributed by atoms with E-state index in [4.69, 9.17) is 0 Å². The summed E-state index contributed by atoms with van der Waals surface area (Å²) in [6.45, 7) is 4.37. The number of nitro groups is 1. The van der Waals surface area contributed by atoms with Gasteiger partial charge in [-0.25, -0.2) is 0 Å². The number of rotatable bonds is 4. The first-order valence-electron chi connectivity index (χ1n) is 11.2. The third kappa shape index (κ3) is 4.27. The van der Waals surface area contributed by atoms with Gasteiger partial charge in [-0.15, -0.1) is 0 Å². The molecule has 0 spiro atoms. The topological polar surface area (TPSA) is 87.0 Å². The lowest BCUT2D eigenvalue weighted by Gasteiger charge is -2.35. The molecule has 0 aromatic heterocycles. The number of piperidine rings is 2. The zero-order chi connectivity index (χ0) is 21.1. The van der Waals surface area contributed by atoms with Crippen molar-refractivity contribution in [1.82, 2.24) is 9.80 Å². The largest absolute Gasteiger partial charge is 0.366 e. The number of carbonyl (C=O) groups is 2. The van der Waals surface area contributed by atoms with Crippen LogP contribution in [0, 0.1) is 16.0 Å². The smallest absolute Gasteiger partial charge is 0.293 e. The Labute approximate surface area is 177 Å². The predicted molar refractivity (Wildman–Crippen MR) is 114 cm³/mol. The predicted octanol–water partition coefficient (Wildman–Crippen LogP) is 3.06. The molecule has 4 rings (SSSR count). The minimum atomic E-state index is -0.395. The third-order valence-electron chi connectivity index (χ3n) is 6.66. The fourth-order valence-electron chi connectivity index (χ4n) is 4.91. The summed E-state index contributed by atoms with van der Waals surface area (Å²) >= 11 is 0. The Morgan fingerprint density at radius 3 is 2.13 bits per heavy atom. The summed E-state index contributed by atoms with van der Waals surface area (Å²) in [7, 11) is 0. The number of hydrogen-bond donors (Lipinski definition) is 0. The molecule has 3 fully saturated rings. The van der Waals surface area contributed by atoms with E-state index in [0.717, 1.165) is 51.9 Å². The highest BCUT2D eigenvalue weighted by atomic mass is 16.6. The van der Waals surface area contributed by atoms with Gasteiger partial charge in [0.05, 0.1) is 4.92 Å². The summed E-state index contributed by atoms with van der Waals surface area (Å²) in [6.07, 6.45) is 6.74. The monoisotopic (exact) mass is 414 g/mol. The average molecular weight is 415 g/mol. The van der Waals surface area contributed by atoms with E-state index in [9.17, 15) is 19.7 Å². The maximum Gasteiger partial charge on any atom is 0.293 e. The summed E-state index contributed by atoms with van der Waals surface area (Å²) in [5.74, 6) is 0.0291. The number of nitro benzene ring substituents is 1. The average Bonchev–Trinajstić information content (AvgIpc) is 3.33. The Kier molecular flexibility index (Phi) is 6.20. The van der Waals surface area contributed by atoms with Crippen LogP contribution in [0.5, 0.6) is 0 Å². The van der Waals surface area contributed by atoms with Crippen molar-refractivity contribution in [2.45, 2.75) is 44.9 Å². The second-order valence-electron chi connectivity index (χ2n) is 8.61. The van der Waals surface area contributed by atoms with Crippen molar-refractivity contribution >= 4 is 23.2 Å². The molecule has 162 valence electrons. The number of amides is 2. The number of likely N-dealkylation sites (tertiary alicyclic amines) is 2. The summed E-state index contributed by atoms with van der Waals surface area (Å²) < 4.78 is 0. The Bertz CT molecular complexity index is 807. The summed E-state index contributed by atoms with van der Waals surface area (Å²) in [6, 6.07) is 4.83. The number of nitrogens with zero attached hydrogens (tertiary/aromatic N) is 4. The first-order chi connectivity index (χ1) is 14.5. The van der Waals surface area contributed by atoms with Crippen LogP contribution in [0.4, 0.5) is 11.4 Å². The zero-order valence-electron chi connectivity index (χ0n) is 17.4. The van der Waals surface area contributed by atoms with Crippen LogP contribution in [0.25, 0.3) is 0 Å². The van der Waals surface area contributed by atoms with E-state index >= 15 is 0 Å². The fraction of sp³-hybridized carbons (Fsp3) is 0.636. The minimum Gasteiger partial charge on any atom is -0.366 e. The highest BCUT2D eigenvalue weighted by Gasteiger charge is 2.32. The lowest BCUT2D eigenvalue weighted by Crippen LogP contribution is -2.45. The van der Waals surface area contributed by atoms with Crippen molar-refractivity contribution in [2.75, 3.05) is 44.2 Å². The van der Waals surface area contributed by atoms with Gasteiger partial charge in [0, 0.05) is 56.8 Å². The van der Waals surface area contributed by atoms with Crippen LogP contribution in [0.1, 0.15) is 55.3 Å². The van der Waals surface area contributed by atoms with Gasteiger partial charge in [0.25, 0.3) is 11.6 Å². The molecule has 3 heterocycles. The van der Waals surface area contributed by atoms with E-state index in [-0.39, 0.29) is 23.4 Å². The molecule has 8 nitrogen and oxygen atoms in total. The Balaban J connectivity index is 1.40. The van der Waals surface area contributed by atoms with E-state index < -0.39 is 4.92 Å². The fourth-order valence-corrected chi connectivity index (χ4v) is 4.91. The molecule has 1 aromatic carbocycles. The van der Waals surface area contributed by atoms with Crippen LogP contribution in [-0.4, -0.2) is 65.8 Å². The Morgan fingerprint density at radius 2 is 1.50 bits per heavy atom. The van der Waals surface area contributed by atoms with E-state index in [0.29, 0.717) is 37.2 Å². The molecule has 0 saturated carbocycles. The quantitative estimate of drug-likeness (QED) is 0.558. The summed E-state index contributed by atoms with van der Waals surface area (Å²) in [4.78, 5) is 42.6. The number of carbonyl (C=O) groups excluding carboxylic acids is 2. The van der Waals surface area contributed by atoms with Gasteiger partial charge in [0.2, 0.25) is 5.91 Å². The maximum absolute atomic E-state index is 13.0. The molecular weight excluding hydrogens is 384 g/mol. The minimum absolute atomic E-state index is 0.00193. The van der Waals surface area contributed by atoms with E-state index in [2.05, 4.69) is 0 Å². The summed E-state index contributed by atoms with van der Waals surface area (Å²) in [5, 5.41) is 11.6. The van der Waals surface area contributed by atoms with Crippen molar-refractivity contribution in [1.29, 1.82) is 0 Å². The molecule has 0 aliphatic carbocycles. The van der Waals surface area contributed by atoms with E-state index in [1.54, 1.807) is 17.0 Å². The maximum atomic E-state index is 13.0.